The number of likely N-dealkylation sites (tertiary alicyclic amines) is 1. The fourth-order valence-corrected chi connectivity index (χ4v) is 3.28. The summed E-state index contributed by atoms with van der Waals surface area (Å²) >= 11 is 3.54. The van der Waals surface area contributed by atoms with E-state index in [1.165, 1.54) is 30.8 Å². The second-order valence-electron chi connectivity index (χ2n) is 4.88. The number of nitrogens with zero attached hydrogens (tertiary/aromatic N) is 1. The first-order valence-electron chi connectivity index (χ1n) is 6.32. The van der Waals surface area contributed by atoms with Crippen LogP contribution in [0.1, 0.15) is 18.4 Å². The Balaban J connectivity index is 2.04. The predicted octanol–water partition coefficient (Wildman–Crippen LogP) is 1.25. The summed E-state index contributed by atoms with van der Waals surface area (Å²) in [7, 11) is 0. The van der Waals surface area contributed by atoms with Gasteiger partial charge in [0.25, 0.3) is 0 Å². The largest absolute Gasteiger partial charge is 0.871 e. The Bertz CT molecular complexity index is 579. The molecule has 0 unspecified atom stereocenters. The van der Waals surface area contributed by atoms with Crippen LogP contribution in [0, 0.1) is 0 Å². The third-order valence-corrected chi connectivity index (χ3v) is 4.28. The van der Waals surface area contributed by atoms with E-state index in [2.05, 4.69) is 20.9 Å². The molecule has 4 heteroatoms. The van der Waals surface area contributed by atoms with Crippen LogP contribution in [-0.2, 0) is 6.54 Å². The Hall–Kier alpha value is -1.13. The van der Waals surface area contributed by atoms with Crippen LogP contribution in [0.2, 0.25) is 0 Å². The molecule has 2 aromatic rings. The van der Waals surface area contributed by atoms with Crippen molar-refractivity contribution >= 4 is 26.8 Å². The van der Waals surface area contributed by atoms with Crippen molar-refractivity contribution in [1.82, 2.24) is 4.98 Å². The molecule has 1 aromatic carbocycles. The Kier molecular flexibility index (Phi) is 3.22. The minimum absolute atomic E-state index is 0.0909. The molecule has 1 aliphatic rings. The number of rotatable bonds is 2. The van der Waals surface area contributed by atoms with Crippen molar-refractivity contribution in [2.24, 2.45) is 0 Å². The van der Waals surface area contributed by atoms with E-state index < -0.39 is 0 Å². The molecule has 0 saturated carbocycles. The summed E-state index contributed by atoms with van der Waals surface area (Å²) in [5.74, 6) is 0.0909. The average molecular weight is 307 g/mol. The quantitative estimate of drug-likeness (QED) is 0.907. The lowest BCUT2D eigenvalue weighted by molar-refractivity contribution is -0.901. The highest BCUT2D eigenvalue weighted by atomic mass is 79.9. The zero-order valence-corrected chi connectivity index (χ0v) is 11.7. The summed E-state index contributed by atoms with van der Waals surface area (Å²) in [5, 5.41) is 13.3. The number of hydrogen-bond acceptors (Lipinski definition) is 2. The molecule has 2 heterocycles. The number of benzene rings is 1. The first-order valence-corrected chi connectivity index (χ1v) is 7.11. The van der Waals surface area contributed by atoms with E-state index >= 15 is 0 Å². The molecule has 1 aromatic heterocycles. The highest BCUT2D eigenvalue weighted by Gasteiger charge is 2.17. The van der Waals surface area contributed by atoms with Gasteiger partial charge in [-0.3, -0.25) is 4.98 Å². The minimum Gasteiger partial charge on any atom is -0.871 e. The second-order valence-corrected chi connectivity index (χ2v) is 5.73. The first kappa shape index (κ1) is 11.9. The van der Waals surface area contributed by atoms with Gasteiger partial charge < -0.3 is 10.0 Å². The van der Waals surface area contributed by atoms with E-state index in [0.717, 1.165) is 22.0 Å². The molecule has 1 aliphatic heterocycles. The number of fused-ring (bicyclic) bond motifs is 1. The van der Waals surface area contributed by atoms with Gasteiger partial charge in [-0.25, -0.2) is 0 Å². The van der Waals surface area contributed by atoms with Crippen LogP contribution < -0.4 is 10.0 Å². The predicted molar refractivity (Wildman–Crippen MR) is 72.5 cm³/mol. The third-order valence-electron chi connectivity index (χ3n) is 3.62. The van der Waals surface area contributed by atoms with Crippen molar-refractivity contribution in [1.29, 1.82) is 0 Å². The van der Waals surface area contributed by atoms with Crippen LogP contribution in [0.15, 0.2) is 28.9 Å². The zero-order chi connectivity index (χ0) is 12.5. The Morgan fingerprint density at radius 1 is 1.33 bits per heavy atom. The number of pyridine rings is 1. The molecule has 0 atom stereocenters. The van der Waals surface area contributed by atoms with E-state index in [4.69, 9.17) is 0 Å². The van der Waals surface area contributed by atoms with Crippen LogP contribution in [-0.4, -0.2) is 18.1 Å². The summed E-state index contributed by atoms with van der Waals surface area (Å²) in [5.41, 5.74) is 1.46. The number of quaternary nitrogens is 1. The van der Waals surface area contributed by atoms with Gasteiger partial charge in [-0.05, 0) is 12.1 Å². The van der Waals surface area contributed by atoms with Crippen LogP contribution in [0.25, 0.3) is 10.9 Å². The topological polar surface area (TPSA) is 40.4 Å². The summed E-state index contributed by atoms with van der Waals surface area (Å²) < 4.78 is 0.971. The van der Waals surface area contributed by atoms with Crippen molar-refractivity contribution in [2.45, 2.75) is 19.4 Å². The normalized spacial score (nSPS) is 16.5. The summed E-state index contributed by atoms with van der Waals surface area (Å²) in [6, 6.07) is 5.76. The fourth-order valence-electron chi connectivity index (χ4n) is 2.68. The maximum absolute atomic E-state index is 12.4. The SMILES string of the molecule is [O-]c1c(C[NH+]2CCCC2)cc(Br)c2cccnc12. The highest BCUT2D eigenvalue weighted by molar-refractivity contribution is 9.10. The molecular weight excluding hydrogens is 292 g/mol. The lowest BCUT2D eigenvalue weighted by atomic mass is 10.1. The number of nitrogens with one attached hydrogen (secondary N) is 1. The molecule has 1 fully saturated rings. The smallest absolute Gasteiger partial charge is 0.102 e. The van der Waals surface area contributed by atoms with E-state index in [-0.39, 0.29) is 5.75 Å². The molecule has 0 bridgehead atoms. The maximum Gasteiger partial charge on any atom is 0.102 e. The molecule has 0 spiro atoms. The fraction of sp³-hybridized carbons (Fsp3) is 0.357. The third kappa shape index (κ3) is 2.10. The molecule has 3 rings (SSSR count). The monoisotopic (exact) mass is 306 g/mol. The standard InChI is InChI=1S/C14H15BrN2O/c15-12-8-10(9-17-6-1-2-7-17)14(18)13-11(12)4-3-5-16-13/h3-5,8,18H,1-2,6-7,9H2. The van der Waals surface area contributed by atoms with E-state index in [9.17, 15) is 5.11 Å². The van der Waals surface area contributed by atoms with Gasteiger partial charge in [0.2, 0.25) is 0 Å². The van der Waals surface area contributed by atoms with Gasteiger partial charge in [0.05, 0.1) is 18.6 Å². The molecule has 0 radical (unpaired) electrons. The summed E-state index contributed by atoms with van der Waals surface area (Å²) in [4.78, 5) is 5.73. The minimum atomic E-state index is 0.0909. The highest BCUT2D eigenvalue weighted by Crippen LogP contribution is 2.30. The molecule has 3 nitrogen and oxygen atoms in total. The van der Waals surface area contributed by atoms with Gasteiger partial charge >= 0.3 is 0 Å². The number of halogens is 1. The summed E-state index contributed by atoms with van der Waals surface area (Å²) in [6.07, 6.45) is 4.23. The van der Waals surface area contributed by atoms with Crippen LogP contribution in [0.5, 0.6) is 5.75 Å². The average Bonchev–Trinajstić information content (AvgIpc) is 2.89. The molecule has 1 saturated heterocycles. The Labute approximate surface area is 115 Å². The van der Waals surface area contributed by atoms with E-state index in [1.807, 2.05) is 18.2 Å². The Morgan fingerprint density at radius 2 is 2.11 bits per heavy atom. The zero-order valence-electron chi connectivity index (χ0n) is 10.1. The molecule has 18 heavy (non-hydrogen) atoms. The van der Waals surface area contributed by atoms with Crippen molar-refractivity contribution < 1.29 is 10.0 Å². The lowest BCUT2D eigenvalue weighted by Gasteiger charge is -2.20. The van der Waals surface area contributed by atoms with Gasteiger partial charge in [0.15, 0.2) is 0 Å². The molecular formula is C14H15BrN2O. The molecule has 0 aliphatic carbocycles. The molecule has 0 amide bonds. The van der Waals surface area contributed by atoms with E-state index in [1.54, 1.807) is 6.20 Å². The lowest BCUT2D eigenvalue weighted by Crippen LogP contribution is -3.08. The second kappa shape index (κ2) is 4.86. The maximum atomic E-state index is 12.4. The van der Waals surface area contributed by atoms with Gasteiger partial charge in [-0.15, -0.1) is 0 Å². The van der Waals surface area contributed by atoms with Crippen LogP contribution >= 0.6 is 15.9 Å². The van der Waals surface area contributed by atoms with Crippen molar-refractivity contribution in [2.75, 3.05) is 13.1 Å². The van der Waals surface area contributed by atoms with Gasteiger partial charge in [-0.2, -0.15) is 0 Å². The van der Waals surface area contributed by atoms with E-state index in [0.29, 0.717) is 5.52 Å². The summed E-state index contributed by atoms with van der Waals surface area (Å²) in [6.45, 7) is 3.18. The van der Waals surface area contributed by atoms with Gasteiger partial charge in [0, 0.05) is 34.5 Å². The molecule has 1 N–H and O–H groups in total. The van der Waals surface area contributed by atoms with Crippen molar-refractivity contribution in [3.8, 4) is 5.75 Å². The van der Waals surface area contributed by atoms with Crippen LogP contribution in [0.3, 0.4) is 0 Å². The number of aromatic nitrogens is 1. The molecule has 94 valence electrons. The van der Waals surface area contributed by atoms with Gasteiger partial charge in [-0.1, -0.05) is 27.7 Å². The van der Waals surface area contributed by atoms with Gasteiger partial charge in [0.1, 0.15) is 6.54 Å². The van der Waals surface area contributed by atoms with Crippen molar-refractivity contribution in [3.63, 3.8) is 0 Å². The van der Waals surface area contributed by atoms with Crippen molar-refractivity contribution in [3.05, 3.63) is 34.4 Å². The van der Waals surface area contributed by atoms with Crippen LogP contribution in [0.4, 0.5) is 0 Å². The Morgan fingerprint density at radius 3 is 2.89 bits per heavy atom. The number of hydrogen-bond donors (Lipinski definition) is 1. The first-order chi connectivity index (χ1) is 8.75.